The van der Waals surface area contributed by atoms with E-state index in [2.05, 4.69) is 20.9 Å². The van der Waals surface area contributed by atoms with E-state index >= 15 is 0 Å². The summed E-state index contributed by atoms with van der Waals surface area (Å²) in [5.41, 5.74) is 4.90. The van der Waals surface area contributed by atoms with E-state index in [0.29, 0.717) is 72.0 Å². The smallest absolute Gasteiger partial charge is 0.272 e. The highest BCUT2D eigenvalue weighted by Gasteiger charge is 2.25. The number of benzene rings is 1. The van der Waals surface area contributed by atoms with Crippen LogP contribution in [0.15, 0.2) is 53.2 Å². The zero-order valence-corrected chi connectivity index (χ0v) is 22.4. The number of aromatic nitrogens is 2. The number of methoxy groups -OCH3 is 1. The van der Waals surface area contributed by atoms with Gasteiger partial charge in [0, 0.05) is 69.4 Å². The summed E-state index contributed by atoms with van der Waals surface area (Å²) >= 11 is 0. The summed E-state index contributed by atoms with van der Waals surface area (Å²) in [5.74, 6) is 0.848. The van der Waals surface area contributed by atoms with Crippen LogP contribution >= 0.6 is 0 Å². The third kappa shape index (κ3) is 4.73. The zero-order chi connectivity index (χ0) is 27.8. The van der Waals surface area contributed by atoms with Gasteiger partial charge in [0.1, 0.15) is 35.0 Å². The average molecular weight is 541 g/mol. The molecule has 2 fully saturated rings. The van der Waals surface area contributed by atoms with Gasteiger partial charge in [0.05, 0.1) is 23.9 Å². The highest BCUT2D eigenvalue weighted by atomic mass is 19.1. The Hall–Kier alpha value is -4.49. The Labute approximate surface area is 231 Å². The summed E-state index contributed by atoms with van der Waals surface area (Å²) in [7, 11) is 3.59. The van der Waals surface area contributed by atoms with Crippen LogP contribution in [0.4, 0.5) is 10.1 Å². The Morgan fingerprint density at radius 1 is 1.10 bits per heavy atom. The molecular weight excluding hydrogens is 511 g/mol. The van der Waals surface area contributed by atoms with Crippen LogP contribution in [0, 0.1) is 11.3 Å². The van der Waals surface area contributed by atoms with E-state index in [1.165, 1.54) is 0 Å². The van der Waals surface area contributed by atoms with E-state index in [0.717, 1.165) is 29.9 Å². The molecule has 6 rings (SSSR count). The summed E-state index contributed by atoms with van der Waals surface area (Å²) in [6.45, 7) is 3.84. The standard InChI is InChI=1S/C30H29FN6O3/c1-35-9-11-36(12-10-35)30(38)25-15-27(39-2)23(17-34-25)28-14-24-29(40-28)22(5-7-33-24)19-3-4-26(20(13-19)16-32)37-8-6-21(31)18-37/h3-5,7,13-15,17,21H,6,8-12,18H2,1-2H3/t21-/m0/s1. The molecule has 2 aliphatic rings. The predicted octanol–water partition coefficient (Wildman–Crippen LogP) is 4.37. The molecular formula is C30H29FN6O3. The van der Waals surface area contributed by atoms with E-state index in [1.807, 2.05) is 36.2 Å². The van der Waals surface area contributed by atoms with Gasteiger partial charge in [0.15, 0.2) is 5.58 Å². The molecule has 2 saturated heterocycles. The summed E-state index contributed by atoms with van der Waals surface area (Å²) in [6.07, 6.45) is 2.88. The number of piperazine rings is 1. The Balaban J connectivity index is 1.33. The van der Waals surface area contributed by atoms with Crippen molar-refractivity contribution in [2.75, 3.05) is 58.3 Å². The van der Waals surface area contributed by atoms with Gasteiger partial charge in [-0.05, 0) is 37.2 Å². The van der Waals surface area contributed by atoms with Crippen LogP contribution < -0.4 is 9.64 Å². The van der Waals surface area contributed by atoms with E-state index in [1.54, 1.807) is 36.5 Å². The number of alkyl halides is 1. The quantitative estimate of drug-likeness (QED) is 0.368. The number of carbonyl (C=O) groups is 1. The minimum Gasteiger partial charge on any atom is -0.496 e. The van der Waals surface area contributed by atoms with Crippen molar-refractivity contribution in [2.24, 2.45) is 0 Å². The van der Waals surface area contributed by atoms with Gasteiger partial charge in [-0.25, -0.2) is 4.39 Å². The molecule has 1 amide bonds. The van der Waals surface area contributed by atoms with Gasteiger partial charge in [-0.15, -0.1) is 0 Å². The Kier molecular flexibility index (Phi) is 6.82. The fourth-order valence-corrected chi connectivity index (χ4v) is 5.38. The van der Waals surface area contributed by atoms with Crippen molar-refractivity contribution in [1.82, 2.24) is 19.8 Å². The fourth-order valence-electron chi connectivity index (χ4n) is 5.38. The second-order valence-electron chi connectivity index (χ2n) is 10.2. The van der Waals surface area contributed by atoms with Gasteiger partial charge >= 0.3 is 0 Å². The van der Waals surface area contributed by atoms with Crippen LogP contribution in [0.1, 0.15) is 22.5 Å². The number of ether oxygens (including phenoxy) is 1. The number of hydrogen-bond donors (Lipinski definition) is 0. The maximum absolute atomic E-state index is 13.8. The molecule has 3 aromatic heterocycles. The van der Waals surface area contributed by atoms with Crippen LogP contribution in [0.25, 0.3) is 33.6 Å². The van der Waals surface area contributed by atoms with Crippen molar-refractivity contribution in [3.63, 3.8) is 0 Å². The Morgan fingerprint density at radius 3 is 2.65 bits per heavy atom. The number of furan rings is 1. The second kappa shape index (κ2) is 10.6. The molecule has 1 aromatic carbocycles. The normalized spacial score (nSPS) is 17.8. The van der Waals surface area contributed by atoms with Gasteiger partial charge in [-0.3, -0.25) is 14.8 Å². The number of carbonyl (C=O) groups excluding carboxylic acids is 1. The Bertz CT molecular complexity index is 1620. The summed E-state index contributed by atoms with van der Waals surface area (Å²) < 4.78 is 25.7. The van der Waals surface area contributed by atoms with E-state index in [-0.39, 0.29) is 5.91 Å². The highest BCUT2D eigenvalue weighted by Crippen LogP contribution is 2.38. The number of likely N-dealkylation sites (N-methyl/N-ethyl adjacent to an activating group) is 1. The molecule has 0 saturated carbocycles. The highest BCUT2D eigenvalue weighted by molar-refractivity contribution is 5.95. The van der Waals surface area contributed by atoms with Gasteiger partial charge in [0.2, 0.25) is 0 Å². The average Bonchev–Trinajstić information content (AvgIpc) is 3.62. The number of nitrogens with zero attached hydrogens (tertiary/aromatic N) is 6. The van der Waals surface area contributed by atoms with E-state index in [4.69, 9.17) is 9.15 Å². The van der Waals surface area contributed by atoms with E-state index in [9.17, 15) is 14.4 Å². The molecule has 204 valence electrons. The lowest BCUT2D eigenvalue weighted by molar-refractivity contribution is 0.0658. The van der Waals surface area contributed by atoms with Crippen molar-refractivity contribution in [2.45, 2.75) is 12.6 Å². The first-order valence-corrected chi connectivity index (χ1v) is 13.3. The maximum atomic E-state index is 13.8. The van der Waals surface area contributed by atoms with Crippen molar-refractivity contribution in [1.29, 1.82) is 5.26 Å². The third-order valence-electron chi connectivity index (χ3n) is 7.67. The number of fused-ring (bicyclic) bond motifs is 1. The zero-order valence-electron chi connectivity index (χ0n) is 22.4. The van der Waals surface area contributed by atoms with Crippen molar-refractivity contribution in [3.8, 4) is 34.3 Å². The first-order valence-electron chi connectivity index (χ1n) is 13.3. The first-order chi connectivity index (χ1) is 19.4. The van der Waals surface area contributed by atoms with Gasteiger partial charge in [-0.2, -0.15) is 5.26 Å². The van der Waals surface area contributed by atoms with Crippen molar-refractivity contribution >= 4 is 22.7 Å². The maximum Gasteiger partial charge on any atom is 0.272 e. The molecule has 0 bridgehead atoms. The molecule has 0 radical (unpaired) electrons. The van der Waals surface area contributed by atoms with Crippen molar-refractivity contribution < 1.29 is 18.3 Å². The largest absolute Gasteiger partial charge is 0.496 e. The molecule has 0 aliphatic carbocycles. The molecule has 0 N–H and O–H groups in total. The molecule has 10 heteroatoms. The van der Waals surface area contributed by atoms with Crippen molar-refractivity contribution in [3.05, 3.63) is 60.0 Å². The van der Waals surface area contributed by atoms with Gasteiger partial charge in [-0.1, -0.05) is 6.07 Å². The molecule has 5 heterocycles. The molecule has 1 atom stereocenters. The molecule has 40 heavy (non-hydrogen) atoms. The number of anilines is 1. The lowest BCUT2D eigenvalue weighted by Gasteiger charge is -2.32. The SMILES string of the molecule is COc1cc(C(=O)N2CCN(C)CC2)ncc1-c1cc2nccc(-c3ccc(N4CC[C@H](F)C4)c(C#N)c3)c2o1. The van der Waals surface area contributed by atoms with Crippen LogP contribution in [0.2, 0.25) is 0 Å². The molecule has 9 nitrogen and oxygen atoms in total. The van der Waals surface area contributed by atoms with E-state index < -0.39 is 6.17 Å². The molecule has 4 aromatic rings. The molecule has 0 spiro atoms. The summed E-state index contributed by atoms with van der Waals surface area (Å²) in [5, 5.41) is 9.84. The number of hydrogen-bond acceptors (Lipinski definition) is 8. The van der Waals surface area contributed by atoms with Gasteiger partial charge in [0.25, 0.3) is 5.91 Å². The lowest BCUT2D eigenvalue weighted by atomic mass is 10.0. The number of halogens is 1. The lowest BCUT2D eigenvalue weighted by Crippen LogP contribution is -2.47. The molecule has 0 unspecified atom stereocenters. The number of rotatable bonds is 5. The third-order valence-corrected chi connectivity index (χ3v) is 7.67. The van der Waals surface area contributed by atoms with Crippen LogP contribution in [-0.4, -0.2) is 85.3 Å². The predicted molar refractivity (Wildman–Crippen MR) is 149 cm³/mol. The van der Waals surface area contributed by atoms with Gasteiger partial charge < -0.3 is 23.9 Å². The summed E-state index contributed by atoms with van der Waals surface area (Å²) in [6, 6.07) is 13.1. The topological polar surface area (TPSA) is 98.7 Å². The first kappa shape index (κ1) is 25.8. The molecule has 2 aliphatic heterocycles. The minimum absolute atomic E-state index is 0.126. The fraction of sp³-hybridized carbons (Fsp3) is 0.333. The van der Waals surface area contributed by atoms with Crippen LogP contribution in [0.5, 0.6) is 5.75 Å². The second-order valence-corrected chi connectivity index (χ2v) is 10.2. The monoisotopic (exact) mass is 540 g/mol. The summed E-state index contributed by atoms with van der Waals surface area (Å²) in [4.78, 5) is 27.9. The van der Waals surface area contributed by atoms with Crippen LogP contribution in [0.3, 0.4) is 0 Å². The number of nitriles is 1. The Morgan fingerprint density at radius 2 is 1.93 bits per heavy atom. The number of pyridine rings is 2. The minimum atomic E-state index is -0.877. The van der Waals surface area contributed by atoms with Crippen LogP contribution in [-0.2, 0) is 0 Å². The number of amides is 1.